The lowest BCUT2D eigenvalue weighted by Gasteiger charge is -2.23. The maximum atomic E-state index is 12.8. The van der Waals surface area contributed by atoms with E-state index in [2.05, 4.69) is 25.8 Å². The van der Waals surface area contributed by atoms with Crippen LogP contribution in [0.5, 0.6) is 0 Å². The molecule has 1 rings (SSSR count). The van der Waals surface area contributed by atoms with E-state index in [4.69, 9.17) is 5.73 Å². The smallest absolute Gasteiger partial charge is 0.213 e. The SMILES string of the molecule is CC(C)(C)CC(N)c1ccnc(F)c1. The van der Waals surface area contributed by atoms with Gasteiger partial charge < -0.3 is 5.73 Å². The molecule has 0 aliphatic carbocycles. The largest absolute Gasteiger partial charge is 0.324 e. The highest BCUT2D eigenvalue weighted by Crippen LogP contribution is 2.27. The van der Waals surface area contributed by atoms with Crippen LogP contribution in [0.4, 0.5) is 4.39 Å². The van der Waals surface area contributed by atoms with E-state index in [1.165, 1.54) is 12.3 Å². The van der Waals surface area contributed by atoms with Crippen molar-refractivity contribution >= 4 is 0 Å². The van der Waals surface area contributed by atoms with Gasteiger partial charge in [0.15, 0.2) is 0 Å². The van der Waals surface area contributed by atoms with Gasteiger partial charge in [0.05, 0.1) is 0 Å². The first kappa shape index (κ1) is 11.1. The van der Waals surface area contributed by atoms with Crippen LogP contribution in [0.3, 0.4) is 0 Å². The fourth-order valence-electron chi connectivity index (χ4n) is 1.43. The zero-order valence-electron chi connectivity index (χ0n) is 8.92. The van der Waals surface area contributed by atoms with Gasteiger partial charge in [0.1, 0.15) is 0 Å². The number of hydrogen-bond acceptors (Lipinski definition) is 2. The molecular weight excluding hydrogens is 179 g/mol. The van der Waals surface area contributed by atoms with E-state index >= 15 is 0 Å². The first-order valence-electron chi connectivity index (χ1n) is 4.75. The summed E-state index contributed by atoms with van der Waals surface area (Å²) >= 11 is 0. The van der Waals surface area contributed by atoms with Gasteiger partial charge in [0.2, 0.25) is 5.95 Å². The number of pyridine rings is 1. The highest BCUT2D eigenvalue weighted by atomic mass is 19.1. The second-order valence-electron chi connectivity index (χ2n) is 4.78. The average molecular weight is 196 g/mol. The number of hydrogen-bond donors (Lipinski definition) is 1. The Morgan fingerprint density at radius 3 is 2.64 bits per heavy atom. The average Bonchev–Trinajstić information content (AvgIpc) is 2.01. The maximum absolute atomic E-state index is 12.8. The number of nitrogens with zero attached hydrogens (tertiary/aromatic N) is 1. The lowest BCUT2D eigenvalue weighted by atomic mass is 9.86. The molecule has 2 nitrogen and oxygen atoms in total. The fourth-order valence-corrected chi connectivity index (χ4v) is 1.43. The van der Waals surface area contributed by atoms with Gasteiger partial charge in [-0.1, -0.05) is 20.8 Å². The zero-order valence-corrected chi connectivity index (χ0v) is 8.92. The first-order valence-corrected chi connectivity index (χ1v) is 4.75. The molecule has 0 amide bonds. The molecule has 0 aliphatic rings. The number of rotatable bonds is 2. The van der Waals surface area contributed by atoms with E-state index in [9.17, 15) is 4.39 Å². The van der Waals surface area contributed by atoms with E-state index in [1.807, 2.05) is 0 Å². The van der Waals surface area contributed by atoms with E-state index in [0.29, 0.717) is 0 Å². The quantitative estimate of drug-likeness (QED) is 0.738. The summed E-state index contributed by atoms with van der Waals surface area (Å²) in [6.07, 6.45) is 2.28. The number of nitrogens with two attached hydrogens (primary N) is 1. The highest BCUT2D eigenvalue weighted by Gasteiger charge is 2.17. The Morgan fingerprint density at radius 1 is 1.50 bits per heavy atom. The minimum atomic E-state index is -0.466. The van der Waals surface area contributed by atoms with Crippen molar-refractivity contribution in [3.05, 3.63) is 29.8 Å². The Bertz CT molecular complexity index is 304. The van der Waals surface area contributed by atoms with Crippen molar-refractivity contribution < 1.29 is 4.39 Å². The minimum Gasteiger partial charge on any atom is -0.324 e. The van der Waals surface area contributed by atoms with Crippen LogP contribution >= 0.6 is 0 Å². The van der Waals surface area contributed by atoms with Gasteiger partial charge in [-0.05, 0) is 29.5 Å². The van der Waals surface area contributed by atoms with Gasteiger partial charge in [0, 0.05) is 12.2 Å². The molecule has 0 saturated heterocycles. The van der Waals surface area contributed by atoms with Crippen LogP contribution in [0.25, 0.3) is 0 Å². The van der Waals surface area contributed by atoms with Crippen molar-refractivity contribution in [3.8, 4) is 0 Å². The van der Waals surface area contributed by atoms with Crippen LogP contribution < -0.4 is 5.73 Å². The standard InChI is InChI=1S/C11H17FN2/c1-11(2,3)7-9(13)8-4-5-14-10(12)6-8/h4-6,9H,7,13H2,1-3H3. The van der Waals surface area contributed by atoms with Gasteiger partial charge >= 0.3 is 0 Å². The Kier molecular flexibility index (Phi) is 3.21. The maximum Gasteiger partial charge on any atom is 0.213 e. The third-order valence-corrected chi connectivity index (χ3v) is 2.01. The lowest BCUT2D eigenvalue weighted by Crippen LogP contribution is -2.18. The minimum absolute atomic E-state index is 0.118. The summed E-state index contributed by atoms with van der Waals surface area (Å²) in [6.45, 7) is 6.35. The Labute approximate surface area is 84.3 Å². The molecule has 0 bridgehead atoms. The van der Waals surface area contributed by atoms with Crippen LogP contribution in [0.15, 0.2) is 18.3 Å². The molecule has 2 N–H and O–H groups in total. The van der Waals surface area contributed by atoms with E-state index in [1.54, 1.807) is 6.07 Å². The Balaban J connectivity index is 2.74. The monoisotopic (exact) mass is 196 g/mol. The van der Waals surface area contributed by atoms with Crippen LogP contribution in [0.2, 0.25) is 0 Å². The van der Waals surface area contributed by atoms with Gasteiger partial charge in [-0.3, -0.25) is 0 Å². The summed E-state index contributed by atoms with van der Waals surface area (Å²) < 4.78 is 12.8. The molecule has 0 fully saturated rings. The van der Waals surface area contributed by atoms with Crippen molar-refractivity contribution in [2.45, 2.75) is 33.2 Å². The molecule has 0 aromatic carbocycles. The number of aromatic nitrogens is 1. The van der Waals surface area contributed by atoms with Crippen LogP contribution in [0.1, 0.15) is 38.8 Å². The van der Waals surface area contributed by atoms with Crippen LogP contribution in [-0.4, -0.2) is 4.98 Å². The van der Waals surface area contributed by atoms with Gasteiger partial charge in [-0.25, -0.2) is 4.98 Å². The summed E-state index contributed by atoms with van der Waals surface area (Å²) in [4.78, 5) is 3.50. The molecule has 78 valence electrons. The van der Waals surface area contributed by atoms with Gasteiger partial charge in [-0.15, -0.1) is 0 Å². The van der Waals surface area contributed by atoms with Crippen molar-refractivity contribution in [2.24, 2.45) is 11.1 Å². The fraction of sp³-hybridized carbons (Fsp3) is 0.545. The summed E-state index contributed by atoms with van der Waals surface area (Å²) in [5.41, 5.74) is 6.92. The van der Waals surface area contributed by atoms with E-state index in [0.717, 1.165) is 12.0 Å². The van der Waals surface area contributed by atoms with E-state index < -0.39 is 5.95 Å². The molecular formula is C11H17FN2. The lowest BCUT2D eigenvalue weighted by molar-refractivity contribution is 0.342. The molecule has 0 aliphatic heterocycles. The second-order valence-corrected chi connectivity index (χ2v) is 4.78. The molecule has 0 radical (unpaired) electrons. The predicted octanol–water partition coefficient (Wildman–Crippen LogP) is 2.66. The Hall–Kier alpha value is -0.960. The second kappa shape index (κ2) is 4.05. The zero-order chi connectivity index (χ0) is 10.8. The summed E-state index contributed by atoms with van der Waals surface area (Å²) in [5, 5.41) is 0. The molecule has 14 heavy (non-hydrogen) atoms. The topological polar surface area (TPSA) is 38.9 Å². The van der Waals surface area contributed by atoms with E-state index in [-0.39, 0.29) is 11.5 Å². The predicted molar refractivity (Wildman–Crippen MR) is 55.2 cm³/mol. The third kappa shape index (κ3) is 3.42. The highest BCUT2D eigenvalue weighted by molar-refractivity contribution is 5.15. The van der Waals surface area contributed by atoms with Crippen LogP contribution in [0, 0.1) is 11.4 Å². The van der Waals surface area contributed by atoms with Crippen LogP contribution in [-0.2, 0) is 0 Å². The molecule has 1 aromatic rings. The molecule has 3 heteroatoms. The molecule has 1 aromatic heterocycles. The third-order valence-electron chi connectivity index (χ3n) is 2.01. The number of halogens is 1. The summed E-state index contributed by atoms with van der Waals surface area (Å²) in [7, 11) is 0. The molecule has 1 unspecified atom stereocenters. The van der Waals surface area contributed by atoms with Gasteiger partial charge in [0.25, 0.3) is 0 Å². The van der Waals surface area contributed by atoms with Crippen molar-refractivity contribution in [3.63, 3.8) is 0 Å². The Morgan fingerprint density at radius 2 is 2.14 bits per heavy atom. The van der Waals surface area contributed by atoms with Crippen molar-refractivity contribution in [1.29, 1.82) is 0 Å². The van der Waals surface area contributed by atoms with Crippen molar-refractivity contribution in [2.75, 3.05) is 0 Å². The molecule has 1 heterocycles. The molecule has 0 saturated carbocycles. The first-order chi connectivity index (χ1) is 6.38. The molecule has 1 atom stereocenters. The summed E-state index contributed by atoms with van der Waals surface area (Å²) in [6, 6.07) is 3.04. The normalized spacial score (nSPS) is 14.1. The van der Waals surface area contributed by atoms with Crippen molar-refractivity contribution in [1.82, 2.24) is 4.98 Å². The molecule has 0 spiro atoms. The van der Waals surface area contributed by atoms with Gasteiger partial charge in [-0.2, -0.15) is 4.39 Å². The summed E-state index contributed by atoms with van der Waals surface area (Å²) in [5.74, 6) is -0.466.